The molecule has 0 saturated carbocycles. The summed E-state index contributed by atoms with van der Waals surface area (Å²) in [6.45, 7) is 3.63. The fourth-order valence-corrected chi connectivity index (χ4v) is 0.902. The molecule has 0 atom stereocenters. The molecule has 5 heteroatoms. The molecule has 0 aromatic rings. The van der Waals surface area contributed by atoms with Gasteiger partial charge in [-0.05, 0) is 0 Å². The molecule has 4 nitrogen and oxygen atoms in total. The van der Waals surface area contributed by atoms with Gasteiger partial charge in [0.15, 0.2) is 0 Å². The van der Waals surface area contributed by atoms with Crippen LogP contribution in [0.1, 0.15) is 0 Å². The van der Waals surface area contributed by atoms with Crippen molar-refractivity contribution in [1.29, 1.82) is 0 Å². The Labute approximate surface area is 70.0 Å². The summed E-state index contributed by atoms with van der Waals surface area (Å²) in [5.41, 5.74) is 3.82. The van der Waals surface area contributed by atoms with Crippen molar-refractivity contribution in [2.75, 3.05) is 7.05 Å². The summed E-state index contributed by atoms with van der Waals surface area (Å²) < 4.78 is 0. The molecule has 0 aliphatic carbocycles. The van der Waals surface area contributed by atoms with Crippen LogP contribution in [-0.2, 0) is 0 Å². The molecule has 1 aliphatic rings. The molecule has 0 aromatic carbocycles. The molecule has 1 rings (SSSR count). The van der Waals surface area contributed by atoms with Crippen LogP contribution in [0.3, 0.4) is 0 Å². The van der Waals surface area contributed by atoms with Gasteiger partial charge in [0, 0.05) is 7.05 Å². The van der Waals surface area contributed by atoms with Crippen LogP contribution in [0.25, 0.3) is 0 Å². The van der Waals surface area contributed by atoms with Crippen LogP contribution < -0.4 is 11.3 Å². The Bertz CT molecular complexity index is 241. The SMILES string of the molecule is C=C1NN=CC(N(C)N)=C1Cl. The highest BCUT2D eigenvalue weighted by molar-refractivity contribution is 6.33. The number of nitrogens with one attached hydrogen (secondary N) is 1. The molecule has 0 saturated heterocycles. The van der Waals surface area contributed by atoms with Gasteiger partial charge in [0.05, 0.1) is 22.6 Å². The van der Waals surface area contributed by atoms with E-state index in [9.17, 15) is 0 Å². The van der Waals surface area contributed by atoms with E-state index in [2.05, 4.69) is 17.1 Å². The summed E-state index contributed by atoms with van der Waals surface area (Å²) in [7, 11) is 1.68. The monoisotopic (exact) mass is 172 g/mol. The smallest absolute Gasteiger partial charge is 0.0923 e. The molecule has 0 amide bonds. The normalized spacial score (nSPS) is 16.8. The zero-order valence-electron chi connectivity index (χ0n) is 6.13. The molecule has 0 unspecified atom stereocenters. The molecule has 60 valence electrons. The van der Waals surface area contributed by atoms with E-state index in [1.54, 1.807) is 7.05 Å². The predicted molar refractivity (Wildman–Crippen MR) is 45.6 cm³/mol. The first-order valence-corrected chi connectivity index (χ1v) is 3.37. The van der Waals surface area contributed by atoms with Crippen LogP contribution in [0.5, 0.6) is 0 Å². The van der Waals surface area contributed by atoms with Gasteiger partial charge in [-0.2, -0.15) is 5.10 Å². The fraction of sp³-hybridized carbons (Fsp3) is 0.167. The van der Waals surface area contributed by atoms with Gasteiger partial charge in [-0.1, -0.05) is 18.2 Å². The second-order valence-corrected chi connectivity index (χ2v) is 2.54. The van der Waals surface area contributed by atoms with Crippen LogP contribution in [0, 0.1) is 0 Å². The number of nitrogens with two attached hydrogens (primary N) is 1. The van der Waals surface area contributed by atoms with Crippen molar-refractivity contribution in [2.24, 2.45) is 10.9 Å². The second kappa shape index (κ2) is 2.94. The van der Waals surface area contributed by atoms with Crippen LogP contribution in [0.4, 0.5) is 0 Å². The maximum absolute atomic E-state index is 5.83. The third-order valence-corrected chi connectivity index (χ3v) is 1.68. The van der Waals surface area contributed by atoms with Crippen molar-refractivity contribution in [3.8, 4) is 0 Å². The van der Waals surface area contributed by atoms with Gasteiger partial charge < -0.3 is 5.01 Å². The van der Waals surface area contributed by atoms with E-state index in [4.69, 9.17) is 17.4 Å². The van der Waals surface area contributed by atoms with Crippen molar-refractivity contribution in [3.63, 3.8) is 0 Å². The minimum atomic E-state index is 0.491. The van der Waals surface area contributed by atoms with Gasteiger partial charge in [0.1, 0.15) is 0 Å². The Balaban J connectivity index is 2.98. The first-order valence-electron chi connectivity index (χ1n) is 2.99. The van der Waals surface area contributed by atoms with Crippen molar-refractivity contribution >= 4 is 17.8 Å². The standard InChI is InChI=1S/C6H9ClN4/c1-4-6(7)5(11(2)8)3-9-10-4/h3,10H,1,8H2,2H3. The number of halogens is 1. The number of allylic oxidation sites excluding steroid dienone is 2. The third-order valence-electron chi connectivity index (χ3n) is 1.26. The van der Waals surface area contributed by atoms with E-state index in [1.807, 2.05) is 0 Å². The predicted octanol–water partition coefficient (Wildman–Crippen LogP) is 0.345. The highest BCUT2D eigenvalue weighted by atomic mass is 35.5. The molecule has 11 heavy (non-hydrogen) atoms. The first kappa shape index (κ1) is 8.10. The second-order valence-electron chi connectivity index (χ2n) is 2.16. The third kappa shape index (κ3) is 1.53. The molecule has 0 radical (unpaired) electrons. The summed E-state index contributed by atoms with van der Waals surface area (Å²) in [4.78, 5) is 0. The minimum absolute atomic E-state index is 0.491. The molecular weight excluding hydrogens is 164 g/mol. The Hall–Kier alpha value is -1.00. The summed E-state index contributed by atoms with van der Waals surface area (Å²) in [6.07, 6.45) is 1.54. The molecule has 0 aromatic heterocycles. The lowest BCUT2D eigenvalue weighted by atomic mass is 10.3. The van der Waals surface area contributed by atoms with E-state index < -0.39 is 0 Å². The average Bonchev–Trinajstić information content (AvgIpc) is 1.94. The van der Waals surface area contributed by atoms with Crippen LogP contribution >= 0.6 is 11.6 Å². The Morgan fingerprint density at radius 3 is 2.91 bits per heavy atom. The van der Waals surface area contributed by atoms with Crippen LogP contribution in [0.15, 0.2) is 28.1 Å². The summed E-state index contributed by atoms with van der Waals surface area (Å²) >= 11 is 5.83. The van der Waals surface area contributed by atoms with E-state index in [-0.39, 0.29) is 0 Å². The van der Waals surface area contributed by atoms with Crippen molar-refractivity contribution in [1.82, 2.24) is 10.4 Å². The van der Waals surface area contributed by atoms with Crippen molar-refractivity contribution in [3.05, 3.63) is 23.0 Å². The largest absolute Gasteiger partial charge is 0.311 e. The number of rotatable bonds is 1. The number of hydrogen-bond donors (Lipinski definition) is 2. The highest BCUT2D eigenvalue weighted by Crippen LogP contribution is 2.18. The zero-order valence-corrected chi connectivity index (χ0v) is 6.89. The van der Waals surface area contributed by atoms with Crippen LogP contribution in [-0.4, -0.2) is 18.3 Å². The van der Waals surface area contributed by atoms with Gasteiger partial charge in [-0.25, -0.2) is 5.84 Å². The molecule has 0 bridgehead atoms. The Morgan fingerprint density at radius 1 is 1.82 bits per heavy atom. The summed E-state index contributed by atoms with van der Waals surface area (Å²) in [6, 6.07) is 0. The number of hydrazine groups is 1. The van der Waals surface area contributed by atoms with E-state index >= 15 is 0 Å². The number of nitrogens with zero attached hydrogens (tertiary/aromatic N) is 2. The molecule has 1 aliphatic heterocycles. The lowest BCUT2D eigenvalue weighted by Gasteiger charge is -2.18. The lowest BCUT2D eigenvalue weighted by Crippen LogP contribution is -2.30. The van der Waals surface area contributed by atoms with Gasteiger partial charge in [-0.3, -0.25) is 5.43 Å². The van der Waals surface area contributed by atoms with Crippen molar-refractivity contribution in [2.45, 2.75) is 0 Å². The molecule has 3 N–H and O–H groups in total. The molecular formula is C6H9ClN4. The summed E-state index contributed by atoms with van der Waals surface area (Å²) in [5.74, 6) is 5.45. The van der Waals surface area contributed by atoms with E-state index in [1.165, 1.54) is 11.2 Å². The van der Waals surface area contributed by atoms with E-state index in [0.717, 1.165) is 0 Å². The van der Waals surface area contributed by atoms with Gasteiger partial charge >= 0.3 is 0 Å². The van der Waals surface area contributed by atoms with Gasteiger partial charge in [0.25, 0.3) is 0 Å². The quantitative estimate of drug-likeness (QED) is 0.443. The van der Waals surface area contributed by atoms with Gasteiger partial charge in [0.2, 0.25) is 0 Å². The van der Waals surface area contributed by atoms with Crippen molar-refractivity contribution < 1.29 is 0 Å². The maximum atomic E-state index is 5.83. The van der Waals surface area contributed by atoms with Crippen LogP contribution in [0.2, 0.25) is 0 Å². The topological polar surface area (TPSA) is 53.7 Å². The Kier molecular flexibility index (Phi) is 2.16. The number of hydrogen-bond acceptors (Lipinski definition) is 4. The average molecular weight is 173 g/mol. The highest BCUT2D eigenvalue weighted by Gasteiger charge is 2.11. The lowest BCUT2D eigenvalue weighted by molar-refractivity contribution is 0.461. The summed E-state index contributed by atoms with van der Waals surface area (Å²) in [5, 5.41) is 5.65. The molecule has 1 heterocycles. The van der Waals surface area contributed by atoms with E-state index in [0.29, 0.717) is 16.4 Å². The first-order chi connectivity index (χ1) is 5.13. The number of hydrazone groups is 1. The fourth-order valence-electron chi connectivity index (χ4n) is 0.678. The Morgan fingerprint density at radius 2 is 2.45 bits per heavy atom. The molecule has 0 fully saturated rings. The van der Waals surface area contributed by atoms with Gasteiger partial charge in [-0.15, -0.1) is 0 Å². The minimum Gasteiger partial charge on any atom is -0.311 e. The molecule has 0 spiro atoms. The zero-order chi connectivity index (χ0) is 8.43. The maximum Gasteiger partial charge on any atom is 0.0923 e.